The number of nitrogens with zero attached hydrogens (tertiary/aromatic N) is 2. The van der Waals surface area contributed by atoms with Gasteiger partial charge < -0.3 is 4.98 Å². The molecular weight excluding hydrogens is 285 g/mol. The lowest BCUT2D eigenvalue weighted by Crippen LogP contribution is -1.94. The third kappa shape index (κ3) is 1.94. The van der Waals surface area contributed by atoms with Gasteiger partial charge in [-0.05, 0) is 54.7 Å². The molecule has 1 N–H and O–H groups in total. The predicted molar refractivity (Wildman–Crippen MR) is 83.7 cm³/mol. The van der Waals surface area contributed by atoms with Crippen LogP contribution in [-0.4, -0.2) is 14.5 Å². The van der Waals surface area contributed by atoms with Crippen molar-refractivity contribution in [2.24, 2.45) is 0 Å². The van der Waals surface area contributed by atoms with Crippen LogP contribution in [0.4, 0.5) is 4.39 Å². The molecule has 0 radical (unpaired) electrons. The molecule has 0 aliphatic heterocycles. The third-order valence-electron chi connectivity index (χ3n) is 3.49. The SMILES string of the molecule is Fc1ccc2c(c1)[nH]c(=S)n2-c1ccc2ncccc2c1. The normalized spacial score (nSPS) is 11.3. The van der Waals surface area contributed by atoms with E-state index in [1.807, 2.05) is 34.9 Å². The molecule has 3 nitrogen and oxygen atoms in total. The lowest BCUT2D eigenvalue weighted by molar-refractivity contribution is 0.629. The summed E-state index contributed by atoms with van der Waals surface area (Å²) in [6, 6.07) is 14.4. The first kappa shape index (κ1) is 12.2. The van der Waals surface area contributed by atoms with Gasteiger partial charge in [0.1, 0.15) is 5.82 Å². The van der Waals surface area contributed by atoms with Gasteiger partial charge in [-0.15, -0.1) is 0 Å². The molecule has 5 heteroatoms. The van der Waals surface area contributed by atoms with Crippen LogP contribution >= 0.6 is 12.2 Å². The van der Waals surface area contributed by atoms with Crippen molar-refractivity contribution < 1.29 is 4.39 Å². The summed E-state index contributed by atoms with van der Waals surface area (Å²) in [7, 11) is 0. The number of imidazole rings is 1. The number of halogens is 1. The van der Waals surface area contributed by atoms with E-state index in [4.69, 9.17) is 12.2 Å². The number of hydrogen-bond acceptors (Lipinski definition) is 2. The number of pyridine rings is 1. The van der Waals surface area contributed by atoms with E-state index in [1.54, 1.807) is 12.3 Å². The number of aromatic amines is 1. The highest BCUT2D eigenvalue weighted by Gasteiger charge is 2.08. The van der Waals surface area contributed by atoms with Crippen LogP contribution in [0.2, 0.25) is 0 Å². The molecule has 0 saturated carbocycles. The maximum atomic E-state index is 13.3. The lowest BCUT2D eigenvalue weighted by Gasteiger charge is -2.06. The van der Waals surface area contributed by atoms with Crippen LogP contribution in [0, 0.1) is 10.6 Å². The van der Waals surface area contributed by atoms with E-state index in [0.717, 1.165) is 22.1 Å². The second-order valence-corrected chi connectivity index (χ2v) is 5.19. The standard InChI is InChI=1S/C16H10FN3S/c17-11-3-6-15-14(9-11)19-16(21)20(15)12-4-5-13-10(8-12)2-1-7-18-13/h1-9H,(H,19,21). The number of fused-ring (bicyclic) bond motifs is 2. The molecule has 0 atom stereocenters. The molecule has 0 bridgehead atoms. The zero-order valence-corrected chi connectivity index (χ0v) is 11.7. The third-order valence-corrected chi connectivity index (χ3v) is 3.77. The van der Waals surface area contributed by atoms with Crippen molar-refractivity contribution in [2.45, 2.75) is 0 Å². The largest absolute Gasteiger partial charge is 0.330 e. The van der Waals surface area contributed by atoms with Crippen LogP contribution in [-0.2, 0) is 0 Å². The predicted octanol–water partition coefficient (Wildman–Crippen LogP) is 4.38. The van der Waals surface area contributed by atoms with Crippen LogP contribution in [0.3, 0.4) is 0 Å². The van der Waals surface area contributed by atoms with Gasteiger partial charge in [0, 0.05) is 17.3 Å². The highest BCUT2D eigenvalue weighted by Crippen LogP contribution is 2.23. The minimum atomic E-state index is -0.284. The van der Waals surface area contributed by atoms with Crippen LogP contribution < -0.4 is 0 Å². The summed E-state index contributed by atoms with van der Waals surface area (Å²) in [4.78, 5) is 7.34. The van der Waals surface area contributed by atoms with Crippen LogP contribution in [0.15, 0.2) is 54.7 Å². The Kier molecular flexibility index (Phi) is 2.62. The highest BCUT2D eigenvalue weighted by molar-refractivity contribution is 7.71. The molecule has 0 aliphatic carbocycles. The molecule has 0 spiro atoms. The first-order valence-electron chi connectivity index (χ1n) is 6.48. The topological polar surface area (TPSA) is 33.6 Å². The van der Waals surface area contributed by atoms with Gasteiger partial charge in [0.05, 0.1) is 16.6 Å². The van der Waals surface area contributed by atoms with E-state index in [-0.39, 0.29) is 5.82 Å². The second kappa shape index (κ2) is 4.49. The summed E-state index contributed by atoms with van der Waals surface area (Å²) in [5, 5.41) is 1.04. The van der Waals surface area contributed by atoms with Gasteiger partial charge in [-0.25, -0.2) is 4.39 Å². The van der Waals surface area contributed by atoms with Crippen molar-refractivity contribution in [3.8, 4) is 5.69 Å². The Morgan fingerprint density at radius 3 is 2.90 bits per heavy atom. The molecule has 0 unspecified atom stereocenters. The average Bonchev–Trinajstić information content (AvgIpc) is 2.81. The van der Waals surface area contributed by atoms with E-state index in [0.29, 0.717) is 10.3 Å². The maximum Gasteiger partial charge on any atom is 0.182 e. The van der Waals surface area contributed by atoms with E-state index in [9.17, 15) is 4.39 Å². The minimum absolute atomic E-state index is 0.284. The second-order valence-electron chi connectivity index (χ2n) is 4.81. The Balaban J connectivity index is 2.03. The summed E-state index contributed by atoms with van der Waals surface area (Å²) in [5.41, 5.74) is 3.40. The average molecular weight is 295 g/mol. The van der Waals surface area contributed by atoms with E-state index < -0.39 is 0 Å². The summed E-state index contributed by atoms with van der Waals surface area (Å²) in [6.07, 6.45) is 1.77. The molecule has 4 rings (SSSR count). The van der Waals surface area contributed by atoms with Gasteiger partial charge in [-0.3, -0.25) is 9.55 Å². The number of hydrogen-bond donors (Lipinski definition) is 1. The molecule has 2 aromatic carbocycles. The lowest BCUT2D eigenvalue weighted by atomic mass is 10.2. The molecule has 21 heavy (non-hydrogen) atoms. The molecule has 2 aromatic heterocycles. The van der Waals surface area contributed by atoms with Crippen molar-refractivity contribution >= 4 is 34.2 Å². The molecule has 0 saturated heterocycles. The van der Waals surface area contributed by atoms with Crippen molar-refractivity contribution in [1.82, 2.24) is 14.5 Å². The Morgan fingerprint density at radius 2 is 2.00 bits per heavy atom. The van der Waals surface area contributed by atoms with Gasteiger partial charge in [0.2, 0.25) is 0 Å². The zero-order valence-electron chi connectivity index (χ0n) is 10.9. The fraction of sp³-hybridized carbons (Fsp3) is 0. The van der Waals surface area contributed by atoms with Gasteiger partial charge in [-0.2, -0.15) is 0 Å². The Hall–Kier alpha value is -2.53. The van der Waals surface area contributed by atoms with Crippen molar-refractivity contribution in [2.75, 3.05) is 0 Å². The maximum absolute atomic E-state index is 13.3. The van der Waals surface area contributed by atoms with Crippen LogP contribution in [0.5, 0.6) is 0 Å². The van der Waals surface area contributed by atoms with Crippen LogP contribution in [0.25, 0.3) is 27.6 Å². The summed E-state index contributed by atoms with van der Waals surface area (Å²) < 4.78 is 15.8. The van der Waals surface area contributed by atoms with E-state index in [1.165, 1.54) is 12.1 Å². The molecule has 0 amide bonds. The summed E-state index contributed by atoms with van der Waals surface area (Å²) in [5.74, 6) is -0.284. The van der Waals surface area contributed by atoms with Gasteiger partial charge in [0.25, 0.3) is 0 Å². The zero-order chi connectivity index (χ0) is 14.4. The van der Waals surface area contributed by atoms with Crippen LogP contribution in [0.1, 0.15) is 0 Å². The molecule has 4 aromatic rings. The summed E-state index contributed by atoms with van der Waals surface area (Å²) in [6.45, 7) is 0. The van der Waals surface area contributed by atoms with Gasteiger partial charge in [-0.1, -0.05) is 6.07 Å². The smallest absolute Gasteiger partial charge is 0.182 e. The number of rotatable bonds is 1. The van der Waals surface area contributed by atoms with Crippen molar-refractivity contribution in [1.29, 1.82) is 0 Å². The van der Waals surface area contributed by atoms with Gasteiger partial charge in [0.15, 0.2) is 4.77 Å². The highest BCUT2D eigenvalue weighted by atomic mass is 32.1. The molecule has 0 aliphatic rings. The number of aromatic nitrogens is 3. The minimum Gasteiger partial charge on any atom is -0.330 e. The number of nitrogens with one attached hydrogen (secondary N) is 1. The molecular formula is C16H10FN3S. The Bertz CT molecular complexity index is 1030. The monoisotopic (exact) mass is 295 g/mol. The quantitative estimate of drug-likeness (QED) is 0.529. The van der Waals surface area contributed by atoms with E-state index >= 15 is 0 Å². The molecule has 2 heterocycles. The first-order chi connectivity index (χ1) is 10.2. The Morgan fingerprint density at radius 1 is 1.10 bits per heavy atom. The fourth-order valence-corrected chi connectivity index (χ4v) is 2.86. The fourth-order valence-electron chi connectivity index (χ4n) is 2.54. The van der Waals surface area contributed by atoms with E-state index in [2.05, 4.69) is 9.97 Å². The van der Waals surface area contributed by atoms with Crippen molar-refractivity contribution in [3.63, 3.8) is 0 Å². The molecule has 0 fully saturated rings. The molecule has 102 valence electrons. The first-order valence-corrected chi connectivity index (χ1v) is 6.89. The Labute approximate surface area is 124 Å². The van der Waals surface area contributed by atoms with Crippen molar-refractivity contribution in [3.05, 3.63) is 65.3 Å². The summed E-state index contributed by atoms with van der Waals surface area (Å²) >= 11 is 5.37. The van der Waals surface area contributed by atoms with Gasteiger partial charge >= 0.3 is 0 Å². The number of H-pyrrole nitrogens is 1. The number of benzene rings is 2.